The lowest BCUT2D eigenvalue weighted by molar-refractivity contribution is -0.125. The molecule has 144 valence electrons. The smallest absolute Gasteiger partial charge is 0.223 e. The van der Waals surface area contributed by atoms with Crippen LogP contribution in [0.4, 0.5) is 0 Å². The van der Waals surface area contributed by atoms with E-state index in [1.54, 1.807) is 0 Å². The van der Waals surface area contributed by atoms with Crippen LogP contribution >= 0.6 is 0 Å². The van der Waals surface area contributed by atoms with Crippen LogP contribution in [0.3, 0.4) is 0 Å². The number of likely N-dealkylation sites (tertiary alicyclic amines) is 1. The topological polar surface area (TPSA) is 41.6 Å². The van der Waals surface area contributed by atoms with E-state index in [0.29, 0.717) is 17.9 Å². The molecule has 1 aromatic rings. The second-order valence-corrected chi connectivity index (χ2v) is 8.96. The Labute approximate surface area is 162 Å². The first kappa shape index (κ1) is 17.4. The minimum Gasteiger partial charge on any atom is -0.370 e. The van der Waals surface area contributed by atoms with E-state index in [9.17, 15) is 4.79 Å². The number of carbonyl (C=O) groups excluding carboxylic acids is 1. The number of amides is 1. The molecule has 4 heteroatoms. The third kappa shape index (κ3) is 2.94. The second-order valence-electron chi connectivity index (χ2n) is 8.96. The third-order valence-corrected chi connectivity index (χ3v) is 7.44. The van der Waals surface area contributed by atoms with Crippen LogP contribution < -0.4 is 5.32 Å². The first-order valence-corrected chi connectivity index (χ1v) is 10.5. The van der Waals surface area contributed by atoms with Crippen LogP contribution in [0, 0.1) is 17.8 Å². The van der Waals surface area contributed by atoms with E-state index in [1.165, 1.54) is 17.5 Å². The van der Waals surface area contributed by atoms with E-state index in [1.807, 2.05) is 6.08 Å². The Morgan fingerprint density at radius 1 is 1.33 bits per heavy atom. The number of hydrogen-bond acceptors (Lipinski definition) is 3. The van der Waals surface area contributed by atoms with Gasteiger partial charge in [-0.25, -0.2) is 0 Å². The zero-order chi connectivity index (χ0) is 18.4. The molecule has 0 aromatic heterocycles. The highest BCUT2D eigenvalue weighted by molar-refractivity contribution is 5.80. The van der Waals surface area contributed by atoms with E-state index >= 15 is 0 Å². The average molecular weight is 367 g/mol. The molecule has 3 saturated heterocycles. The average Bonchev–Trinajstić information content (AvgIpc) is 3.42. The fraction of sp³-hybridized carbons (Fsp3) is 0.609. The van der Waals surface area contributed by atoms with E-state index in [0.717, 1.165) is 51.9 Å². The van der Waals surface area contributed by atoms with Crippen molar-refractivity contribution in [2.24, 2.45) is 17.8 Å². The molecule has 1 aromatic carbocycles. The van der Waals surface area contributed by atoms with Crippen molar-refractivity contribution in [2.75, 3.05) is 26.2 Å². The summed E-state index contributed by atoms with van der Waals surface area (Å²) in [6.07, 6.45) is 7.50. The number of nitrogens with one attached hydrogen (secondary N) is 1. The summed E-state index contributed by atoms with van der Waals surface area (Å²) in [5, 5.41) is 3.30. The number of carbonyl (C=O) groups is 1. The summed E-state index contributed by atoms with van der Waals surface area (Å²) in [4.78, 5) is 15.3. The standard InChI is InChI=1S/C23H30N2O2/c1-2-3-10-25-14-20-19(21-8-9-23(20,15-25)27-21)13-24-22(26)18-11-16-6-4-5-7-17(16)12-18/h2,4-7,18-21H,1,3,8-15H2,(H,24,26)/t19-,20+,21+,23+/m0/s1. The Hall–Kier alpha value is -1.65. The van der Waals surface area contributed by atoms with E-state index in [4.69, 9.17) is 4.74 Å². The summed E-state index contributed by atoms with van der Waals surface area (Å²) >= 11 is 0. The maximum Gasteiger partial charge on any atom is 0.223 e. The van der Waals surface area contributed by atoms with Crippen LogP contribution in [0.1, 0.15) is 30.4 Å². The number of rotatable bonds is 6. The molecule has 0 radical (unpaired) electrons. The van der Waals surface area contributed by atoms with Gasteiger partial charge < -0.3 is 10.1 Å². The van der Waals surface area contributed by atoms with Gasteiger partial charge in [0.05, 0.1) is 11.7 Å². The van der Waals surface area contributed by atoms with Gasteiger partial charge >= 0.3 is 0 Å². The normalized spacial score (nSPS) is 34.6. The Balaban J connectivity index is 1.19. The van der Waals surface area contributed by atoms with Crippen LogP contribution in [0.5, 0.6) is 0 Å². The molecular weight excluding hydrogens is 336 g/mol. The molecule has 1 aliphatic carbocycles. The van der Waals surface area contributed by atoms with Crippen LogP contribution in [-0.2, 0) is 22.4 Å². The number of fused-ring (bicyclic) bond motifs is 2. The van der Waals surface area contributed by atoms with Crippen LogP contribution in [0.15, 0.2) is 36.9 Å². The minimum atomic E-state index is 0.0603. The van der Waals surface area contributed by atoms with Gasteiger partial charge in [-0.3, -0.25) is 9.69 Å². The van der Waals surface area contributed by atoms with Gasteiger partial charge in [-0.2, -0.15) is 0 Å². The third-order valence-electron chi connectivity index (χ3n) is 7.44. The molecule has 3 aliphatic heterocycles. The van der Waals surface area contributed by atoms with Gasteiger partial charge in [0, 0.05) is 43.9 Å². The highest BCUT2D eigenvalue weighted by Crippen LogP contribution is 2.54. The summed E-state index contributed by atoms with van der Waals surface area (Å²) in [7, 11) is 0. The maximum atomic E-state index is 12.8. The van der Waals surface area contributed by atoms with Crippen molar-refractivity contribution in [2.45, 2.75) is 43.8 Å². The molecule has 1 amide bonds. The van der Waals surface area contributed by atoms with Gasteiger partial charge in [0.2, 0.25) is 5.91 Å². The lowest BCUT2D eigenvalue weighted by Crippen LogP contribution is -2.43. The van der Waals surface area contributed by atoms with Gasteiger partial charge in [-0.1, -0.05) is 30.3 Å². The molecule has 4 aliphatic rings. The zero-order valence-electron chi connectivity index (χ0n) is 16.0. The molecule has 0 unspecified atom stereocenters. The molecule has 1 spiro atoms. The summed E-state index contributed by atoms with van der Waals surface area (Å²) in [6, 6.07) is 8.46. The summed E-state index contributed by atoms with van der Waals surface area (Å²) in [6.45, 7) is 7.88. The fourth-order valence-corrected chi connectivity index (χ4v) is 6.11. The predicted octanol–water partition coefficient (Wildman–Crippen LogP) is 2.57. The molecule has 0 saturated carbocycles. The molecule has 5 rings (SSSR count). The van der Waals surface area contributed by atoms with Gasteiger partial charge in [0.25, 0.3) is 0 Å². The summed E-state index contributed by atoms with van der Waals surface area (Å²) < 4.78 is 6.50. The first-order chi connectivity index (χ1) is 13.2. The van der Waals surface area contributed by atoms with Crippen LogP contribution in [-0.4, -0.2) is 48.7 Å². The Kier molecular flexibility index (Phi) is 4.36. The van der Waals surface area contributed by atoms with E-state index < -0.39 is 0 Å². The predicted molar refractivity (Wildman–Crippen MR) is 105 cm³/mol. The van der Waals surface area contributed by atoms with Gasteiger partial charge in [-0.15, -0.1) is 6.58 Å². The SMILES string of the molecule is C=CCCN1C[C@@H]2[C@H](CNC(=O)C3Cc4ccccc4C3)[C@H]3CC[C@]2(C1)O3. The number of hydrogen-bond donors (Lipinski definition) is 1. The van der Waals surface area contributed by atoms with E-state index in [2.05, 4.69) is 41.1 Å². The fourth-order valence-electron chi connectivity index (χ4n) is 6.11. The molecule has 27 heavy (non-hydrogen) atoms. The molecule has 3 heterocycles. The minimum absolute atomic E-state index is 0.0603. The number of ether oxygens (including phenoxy) is 1. The van der Waals surface area contributed by atoms with Crippen LogP contribution in [0.2, 0.25) is 0 Å². The van der Waals surface area contributed by atoms with Crippen molar-refractivity contribution in [1.82, 2.24) is 10.2 Å². The molecule has 4 nitrogen and oxygen atoms in total. The summed E-state index contributed by atoms with van der Waals surface area (Å²) in [5.74, 6) is 1.37. The van der Waals surface area contributed by atoms with Crippen molar-refractivity contribution in [3.63, 3.8) is 0 Å². The van der Waals surface area contributed by atoms with Gasteiger partial charge in [0.1, 0.15) is 0 Å². The van der Waals surface area contributed by atoms with Gasteiger partial charge in [-0.05, 0) is 43.2 Å². The quantitative estimate of drug-likeness (QED) is 0.787. The lowest BCUT2D eigenvalue weighted by atomic mass is 9.73. The van der Waals surface area contributed by atoms with Crippen molar-refractivity contribution in [1.29, 1.82) is 0 Å². The monoisotopic (exact) mass is 366 g/mol. The van der Waals surface area contributed by atoms with Crippen molar-refractivity contribution in [3.05, 3.63) is 48.0 Å². The Morgan fingerprint density at radius 2 is 2.11 bits per heavy atom. The zero-order valence-corrected chi connectivity index (χ0v) is 16.0. The number of nitrogens with zero attached hydrogens (tertiary/aromatic N) is 1. The molecule has 3 fully saturated rings. The van der Waals surface area contributed by atoms with Crippen molar-refractivity contribution < 1.29 is 9.53 Å². The van der Waals surface area contributed by atoms with Gasteiger partial charge in [0.15, 0.2) is 0 Å². The molecular formula is C23H30N2O2. The van der Waals surface area contributed by atoms with Crippen molar-refractivity contribution >= 4 is 5.91 Å². The molecule has 4 atom stereocenters. The largest absolute Gasteiger partial charge is 0.370 e. The molecule has 2 bridgehead atoms. The summed E-state index contributed by atoms with van der Waals surface area (Å²) in [5.41, 5.74) is 2.74. The lowest BCUT2D eigenvalue weighted by Gasteiger charge is -2.29. The Bertz CT molecular complexity index is 723. The van der Waals surface area contributed by atoms with Crippen LogP contribution in [0.25, 0.3) is 0 Å². The van der Waals surface area contributed by atoms with E-state index in [-0.39, 0.29) is 17.4 Å². The van der Waals surface area contributed by atoms with Crippen molar-refractivity contribution in [3.8, 4) is 0 Å². The first-order valence-electron chi connectivity index (χ1n) is 10.5. The number of benzene rings is 1. The second kappa shape index (κ2) is 6.75. The Morgan fingerprint density at radius 3 is 2.85 bits per heavy atom. The highest BCUT2D eigenvalue weighted by Gasteiger charge is 2.62. The maximum absolute atomic E-state index is 12.8. The highest BCUT2D eigenvalue weighted by atomic mass is 16.5. The molecule has 1 N–H and O–H groups in total.